The lowest BCUT2D eigenvalue weighted by molar-refractivity contribution is 0.355. The second kappa shape index (κ2) is 9.43. The van der Waals surface area contributed by atoms with Crippen molar-refractivity contribution in [3.8, 4) is 11.5 Å². The SMILES string of the molecule is COc1ccc(NC(=S)Nc2nn(Cc3c(F)cccc3Cl)cc2Br)cc1OC. The van der Waals surface area contributed by atoms with Crippen LogP contribution in [0.2, 0.25) is 5.02 Å². The Labute approximate surface area is 186 Å². The van der Waals surface area contributed by atoms with E-state index in [0.717, 1.165) is 0 Å². The van der Waals surface area contributed by atoms with Gasteiger partial charge in [0.25, 0.3) is 0 Å². The molecule has 3 aromatic rings. The molecule has 1 heterocycles. The molecule has 0 unspecified atom stereocenters. The van der Waals surface area contributed by atoms with Crippen LogP contribution in [0.25, 0.3) is 0 Å². The number of thiocarbonyl (C=S) groups is 1. The normalized spacial score (nSPS) is 10.5. The molecule has 0 radical (unpaired) electrons. The Balaban J connectivity index is 1.70. The number of nitrogens with one attached hydrogen (secondary N) is 2. The molecule has 1 aromatic heterocycles. The van der Waals surface area contributed by atoms with Gasteiger partial charge in [-0.2, -0.15) is 5.10 Å². The monoisotopic (exact) mass is 498 g/mol. The van der Waals surface area contributed by atoms with Gasteiger partial charge in [0.1, 0.15) is 5.82 Å². The first kappa shape index (κ1) is 21.4. The van der Waals surface area contributed by atoms with Gasteiger partial charge < -0.3 is 20.1 Å². The van der Waals surface area contributed by atoms with Gasteiger partial charge >= 0.3 is 0 Å². The highest BCUT2D eigenvalue weighted by Gasteiger charge is 2.13. The van der Waals surface area contributed by atoms with Gasteiger partial charge in [-0.05, 0) is 52.4 Å². The third-order valence-corrected chi connectivity index (χ3v) is 5.11. The van der Waals surface area contributed by atoms with E-state index in [1.54, 1.807) is 49.4 Å². The van der Waals surface area contributed by atoms with Gasteiger partial charge in [0, 0.05) is 28.5 Å². The Morgan fingerprint density at radius 3 is 2.66 bits per heavy atom. The lowest BCUT2D eigenvalue weighted by Crippen LogP contribution is -2.20. The van der Waals surface area contributed by atoms with E-state index in [-0.39, 0.29) is 12.4 Å². The van der Waals surface area contributed by atoms with Crippen LogP contribution in [0.5, 0.6) is 11.5 Å². The molecule has 3 rings (SSSR count). The Morgan fingerprint density at radius 2 is 1.97 bits per heavy atom. The van der Waals surface area contributed by atoms with E-state index in [4.69, 9.17) is 33.3 Å². The maximum absolute atomic E-state index is 14.0. The molecule has 10 heteroatoms. The van der Waals surface area contributed by atoms with Crippen molar-refractivity contribution in [2.75, 3.05) is 24.9 Å². The van der Waals surface area contributed by atoms with Gasteiger partial charge in [0.15, 0.2) is 22.4 Å². The number of halogens is 3. The quantitative estimate of drug-likeness (QED) is 0.448. The van der Waals surface area contributed by atoms with Crippen LogP contribution in [0, 0.1) is 5.82 Å². The first-order valence-electron chi connectivity index (χ1n) is 8.37. The van der Waals surface area contributed by atoms with Gasteiger partial charge in [0.2, 0.25) is 0 Å². The van der Waals surface area contributed by atoms with Crippen molar-refractivity contribution in [3.05, 3.63) is 63.5 Å². The van der Waals surface area contributed by atoms with Crippen molar-refractivity contribution in [1.82, 2.24) is 9.78 Å². The maximum atomic E-state index is 14.0. The summed E-state index contributed by atoms with van der Waals surface area (Å²) < 4.78 is 26.7. The van der Waals surface area contributed by atoms with E-state index in [1.165, 1.54) is 6.07 Å². The summed E-state index contributed by atoms with van der Waals surface area (Å²) in [4.78, 5) is 0. The van der Waals surface area contributed by atoms with Crippen molar-refractivity contribution < 1.29 is 13.9 Å². The highest BCUT2D eigenvalue weighted by atomic mass is 79.9. The molecule has 0 atom stereocenters. The number of nitrogens with zero attached hydrogens (tertiary/aromatic N) is 2. The van der Waals surface area contributed by atoms with Crippen molar-refractivity contribution in [2.45, 2.75) is 6.54 Å². The Hall–Kier alpha value is -2.36. The van der Waals surface area contributed by atoms with Crippen LogP contribution < -0.4 is 20.1 Å². The number of anilines is 2. The third-order valence-electron chi connectivity index (χ3n) is 3.97. The number of ether oxygens (including phenoxy) is 2. The number of methoxy groups -OCH3 is 2. The van der Waals surface area contributed by atoms with E-state index in [0.29, 0.717) is 43.2 Å². The summed E-state index contributed by atoms with van der Waals surface area (Å²) in [6, 6.07) is 9.91. The first-order valence-corrected chi connectivity index (χ1v) is 9.95. The standard InChI is InChI=1S/C19H17BrClFN4O2S/c1-27-16-7-6-11(8-17(16)28-2)23-19(29)24-18-13(20)10-26(25-18)9-12-14(21)4-3-5-15(12)22/h3-8,10H,9H2,1-2H3,(H2,23,24,25,29). The minimum Gasteiger partial charge on any atom is -0.493 e. The molecule has 0 aliphatic carbocycles. The molecule has 0 fully saturated rings. The zero-order chi connectivity index (χ0) is 21.0. The number of benzene rings is 2. The summed E-state index contributed by atoms with van der Waals surface area (Å²) in [6.45, 7) is 0.182. The lowest BCUT2D eigenvalue weighted by atomic mass is 10.2. The molecule has 0 saturated heterocycles. The predicted molar refractivity (Wildman–Crippen MR) is 120 cm³/mol. The molecule has 0 spiro atoms. The molecule has 2 N–H and O–H groups in total. The minimum atomic E-state index is -0.385. The maximum Gasteiger partial charge on any atom is 0.176 e. The fourth-order valence-corrected chi connectivity index (χ4v) is 3.44. The molecule has 152 valence electrons. The van der Waals surface area contributed by atoms with E-state index < -0.39 is 0 Å². The summed E-state index contributed by atoms with van der Waals surface area (Å²) in [7, 11) is 3.13. The third kappa shape index (κ3) is 5.17. The lowest BCUT2D eigenvalue weighted by Gasteiger charge is -2.12. The van der Waals surface area contributed by atoms with Crippen LogP contribution in [-0.2, 0) is 6.54 Å². The highest BCUT2D eigenvalue weighted by molar-refractivity contribution is 9.10. The Morgan fingerprint density at radius 1 is 1.21 bits per heavy atom. The molecule has 0 bridgehead atoms. The molecule has 0 aliphatic heterocycles. The number of aromatic nitrogens is 2. The van der Waals surface area contributed by atoms with Crippen molar-refractivity contribution >= 4 is 56.4 Å². The summed E-state index contributed by atoms with van der Waals surface area (Å²) in [5.74, 6) is 1.29. The highest BCUT2D eigenvalue weighted by Crippen LogP contribution is 2.30. The molecular formula is C19H17BrClFN4O2S. The molecule has 0 aliphatic rings. The largest absolute Gasteiger partial charge is 0.493 e. The molecule has 6 nitrogen and oxygen atoms in total. The topological polar surface area (TPSA) is 60.3 Å². The number of hydrogen-bond acceptors (Lipinski definition) is 4. The average molecular weight is 500 g/mol. The Kier molecular flexibility index (Phi) is 6.94. The van der Waals surface area contributed by atoms with Crippen LogP contribution >= 0.6 is 39.7 Å². The summed E-state index contributed by atoms with van der Waals surface area (Å²) in [5, 5.41) is 11.1. The van der Waals surface area contributed by atoms with Crippen LogP contribution in [0.15, 0.2) is 47.1 Å². The van der Waals surface area contributed by atoms with E-state index in [2.05, 4.69) is 31.7 Å². The molecule has 0 saturated carbocycles. The Bertz CT molecular complexity index is 1030. The zero-order valence-corrected chi connectivity index (χ0v) is 18.7. The van der Waals surface area contributed by atoms with Crippen LogP contribution in [0.3, 0.4) is 0 Å². The van der Waals surface area contributed by atoms with Gasteiger partial charge in [-0.1, -0.05) is 17.7 Å². The minimum absolute atomic E-state index is 0.182. The second-order valence-electron chi connectivity index (χ2n) is 5.87. The van der Waals surface area contributed by atoms with Crippen molar-refractivity contribution in [3.63, 3.8) is 0 Å². The first-order chi connectivity index (χ1) is 13.9. The van der Waals surface area contributed by atoms with E-state index >= 15 is 0 Å². The molecule has 2 aromatic carbocycles. The summed E-state index contributed by atoms with van der Waals surface area (Å²) >= 11 is 14.9. The van der Waals surface area contributed by atoms with Gasteiger partial charge in [-0.3, -0.25) is 4.68 Å². The van der Waals surface area contributed by atoms with Crippen molar-refractivity contribution in [1.29, 1.82) is 0 Å². The number of rotatable bonds is 6. The molecular weight excluding hydrogens is 483 g/mol. The van der Waals surface area contributed by atoms with E-state index in [9.17, 15) is 4.39 Å². The number of hydrogen-bond donors (Lipinski definition) is 2. The van der Waals surface area contributed by atoms with Gasteiger partial charge in [-0.15, -0.1) is 0 Å². The predicted octanol–water partition coefficient (Wildman–Crippen LogP) is 5.31. The fraction of sp³-hybridized carbons (Fsp3) is 0.158. The summed E-state index contributed by atoms with van der Waals surface area (Å²) in [5.41, 5.74) is 1.08. The van der Waals surface area contributed by atoms with Crippen LogP contribution in [0.4, 0.5) is 15.9 Å². The van der Waals surface area contributed by atoms with Gasteiger partial charge in [0.05, 0.1) is 25.2 Å². The summed E-state index contributed by atoms with van der Waals surface area (Å²) in [6.07, 6.45) is 1.71. The van der Waals surface area contributed by atoms with Crippen LogP contribution in [-0.4, -0.2) is 29.1 Å². The van der Waals surface area contributed by atoms with Gasteiger partial charge in [-0.25, -0.2) is 4.39 Å². The smallest absolute Gasteiger partial charge is 0.176 e. The van der Waals surface area contributed by atoms with Crippen molar-refractivity contribution in [2.24, 2.45) is 0 Å². The zero-order valence-electron chi connectivity index (χ0n) is 15.5. The average Bonchev–Trinajstić information content (AvgIpc) is 3.03. The van der Waals surface area contributed by atoms with E-state index in [1.807, 2.05) is 6.07 Å². The molecule has 0 amide bonds. The second-order valence-corrected chi connectivity index (χ2v) is 7.54. The fourth-order valence-electron chi connectivity index (χ4n) is 2.59. The van der Waals surface area contributed by atoms with Crippen LogP contribution in [0.1, 0.15) is 5.56 Å². The molecule has 29 heavy (non-hydrogen) atoms.